The van der Waals surface area contributed by atoms with Gasteiger partial charge in [0.15, 0.2) is 0 Å². The predicted molar refractivity (Wildman–Crippen MR) is 59.2 cm³/mol. The van der Waals surface area contributed by atoms with Gasteiger partial charge in [-0.25, -0.2) is 4.68 Å². The van der Waals surface area contributed by atoms with Crippen LogP contribution in [0.1, 0.15) is 17.5 Å². The van der Waals surface area contributed by atoms with Gasteiger partial charge in [-0.2, -0.15) is 0 Å². The van der Waals surface area contributed by atoms with E-state index in [-0.39, 0.29) is 11.1 Å². The molecule has 0 aromatic carbocycles. The molecule has 0 saturated heterocycles. The van der Waals surface area contributed by atoms with Crippen molar-refractivity contribution in [2.24, 2.45) is 0 Å². The molecule has 78 valence electrons. The van der Waals surface area contributed by atoms with Gasteiger partial charge < -0.3 is 0 Å². The van der Waals surface area contributed by atoms with Crippen molar-refractivity contribution in [1.82, 2.24) is 9.78 Å². The fourth-order valence-corrected chi connectivity index (χ4v) is 1.42. The Morgan fingerprint density at radius 2 is 1.93 bits per heavy atom. The summed E-state index contributed by atoms with van der Waals surface area (Å²) in [5, 5.41) is 3.36. The molecule has 0 unspecified atom stereocenters. The number of hydrogen-bond donors (Lipinski definition) is 1. The monoisotopic (exact) mass is 260 g/mol. The predicted octanol–water partition coefficient (Wildman–Crippen LogP) is 0.938. The number of nitrogens with one attached hydrogen (secondary N) is 1. The highest BCUT2D eigenvalue weighted by molar-refractivity contribution is 9.09. The lowest BCUT2D eigenvalue weighted by Gasteiger charge is -2.06. The van der Waals surface area contributed by atoms with E-state index in [9.17, 15) is 9.59 Å². The lowest BCUT2D eigenvalue weighted by atomic mass is 10.2. The van der Waals surface area contributed by atoms with Crippen molar-refractivity contribution in [3.63, 3.8) is 0 Å². The van der Waals surface area contributed by atoms with Crippen LogP contribution < -0.4 is 11.1 Å². The van der Waals surface area contributed by atoms with Gasteiger partial charge in [-0.15, -0.1) is 0 Å². The second-order valence-electron chi connectivity index (χ2n) is 3.19. The molecule has 1 aromatic rings. The number of hydrogen-bond acceptors (Lipinski definition) is 2. The van der Waals surface area contributed by atoms with E-state index in [4.69, 9.17) is 0 Å². The zero-order valence-corrected chi connectivity index (χ0v) is 9.85. The Labute approximate surface area is 90.1 Å². The third kappa shape index (κ3) is 2.15. The third-order valence-electron chi connectivity index (χ3n) is 2.22. The molecular formula is C9H13BrN2O2. The molecule has 1 N–H and O–H groups in total. The Kier molecular flexibility index (Phi) is 3.69. The molecule has 0 bridgehead atoms. The lowest BCUT2D eigenvalue weighted by Crippen LogP contribution is -2.33. The summed E-state index contributed by atoms with van der Waals surface area (Å²) in [6.45, 7) is 3.88. The third-order valence-corrected chi connectivity index (χ3v) is 2.78. The molecule has 0 fully saturated rings. The van der Waals surface area contributed by atoms with Crippen molar-refractivity contribution in [3.8, 4) is 0 Å². The number of nitrogens with zero attached hydrogens (tertiary/aromatic N) is 1. The number of aromatic amines is 1. The summed E-state index contributed by atoms with van der Waals surface area (Å²) in [7, 11) is 0. The van der Waals surface area contributed by atoms with Gasteiger partial charge in [0.1, 0.15) is 0 Å². The van der Waals surface area contributed by atoms with E-state index in [1.807, 2.05) is 0 Å². The molecule has 14 heavy (non-hydrogen) atoms. The largest absolute Gasteiger partial charge is 0.268 e. The molecule has 0 saturated carbocycles. The molecule has 0 atom stereocenters. The summed E-state index contributed by atoms with van der Waals surface area (Å²) in [5.41, 5.74) is 0.744. The number of aromatic nitrogens is 2. The van der Waals surface area contributed by atoms with E-state index >= 15 is 0 Å². The normalized spacial score (nSPS) is 10.5. The van der Waals surface area contributed by atoms with E-state index in [1.165, 1.54) is 4.68 Å². The average molecular weight is 261 g/mol. The Balaban J connectivity index is 3.20. The van der Waals surface area contributed by atoms with Crippen molar-refractivity contribution in [3.05, 3.63) is 31.8 Å². The van der Waals surface area contributed by atoms with E-state index in [0.29, 0.717) is 17.7 Å². The SMILES string of the molecule is Cc1c(C)c(=O)n(CCCBr)[nH]c1=O. The topological polar surface area (TPSA) is 54.9 Å². The molecule has 0 aliphatic heterocycles. The highest BCUT2D eigenvalue weighted by atomic mass is 79.9. The fourth-order valence-electron chi connectivity index (χ4n) is 1.17. The first-order chi connectivity index (χ1) is 6.57. The maximum Gasteiger partial charge on any atom is 0.268 e. The number of aryl methyl sites for hydroxylation is 1. The van der Waals surface area contributed by atoms with Gasteiger partial charge >= 0.3 is 0 Å². The zero-order valence-electron chi connectivity index (χ0n) is 8.26. The maximum absolute atomic E-state index is 11.6. The molecule has 0 radical (unpaired) electrons. The van der Waals surface area contributed by atoms with Crippen LogP contribution >= 0.6 is 15.9 Å². The Hall–Kier alpha value is -0.840. The van der Waals surface area contributed by atoms with Gasteiger partial charge in [0.05, 0.1) is 0 Å². The molecular weight excluding hydrogens is 248 g/mol. The Morgan fingerprint density at radius 3 is 2.50 bits per heavy atom. The molecule has 0 spiro atoms. The smallest absolute Gasteiger partial charge is 0.268 e. The molecule has 0 aliphatic rings. The van der Waals surface area contributed by atoms with E-state index in [0.717, 1.165) is 11.8 Å². The molecule has 0 aliphatic carbocycles. The molecule has 1 heterocycles. The van der Waals surface area contributed by atoms with Crippen LogP contribution in [0.2, 0.25) is 0 Å². The summed E-state index contributed by atoms with van der Waals surface area (Å²) < 4.78 is 1.37. The van der Waals surface area contributed by atoms with Crippen molar-refractivity contribution < 1.29 is 0 Å². The van der Waals surface area contributed by atoms with E-state index in [1.54, 1.807) is 13.8 Å². The molecule has 0 amide bonds. The van der Waals surface area contributed by atoms with Crippen LogP contribution in [0.4, 0.5) is 0 Å². The minimum absolute atomic E-state index is 0.108. The number of alkyl halides is 1. The average Bonchev–Trinajstić information content (AvgIpc) is 2.18. The summed E-state index contributed by atoms with van der Waals surface area (Å²) in [5.74, 6) is 0. The first-order valence-electron chi connectivity index (χ1n) is 4.44. The Morgan fingerprint density at radius 1 is 1.29 bits per heavy atom. The summed E-state index contributed by atoms with van der Waals surface area (Å²) in [6, 6.07) is 0. The van der Waals surface area contributed by atoms with Gasteiger partial charge in [-0.1, -0.05) is 15.9 Å². The number of H-pyrrole nitrogens is 1. The van der Waals surface area contributed by atoms with Gasteiger partial charge in [-0.05, 0) is 20.3 Å². The molecule has 5 heteroatoms. The van der Waals surface area contributed by atoms with Crippen molar-refractivity contribution in [2.45, 2.75) is 26.8 Å². The molecule has 1 aromatic heterocycles. The van der Waals surface area contributed by atoms with Crippen LogP contribution in [-0.2, 0) is 6.54 Å². The second-order valence-corrected chi connectivity index (χ2v) is 3.98. The maximum atomic E-state index is 11.6. The van der Waals surface area contributed by atoms with Crippen LogP contribution in [0.15, 0.2) is 9.59 Å². The summed E-state index contributed by atoms with van der Waals surface area (Å²) >= 11 is 3.28. The number of halogens is 1. The van der Waals surface area contributed by atoms with Gasteiger partial charge in [0.25, 0.3) is 11.1 Å². The minimum atomic E-state index is -0.184. The first-order valence-corrected chi connectivity index (χ1v) is 5.56. The quantitative estimate of drug-likeness (QED) is 0.823. The van der Waals surface area contributed by atoms with Crippen LogP contribution in [0.3, 0.4) is 0 Å². The summed E-state index contributed by atoms with van der Waals surface area (Å²) in [6.07, 6.45) is 0.818. The van der Waals surface area contributed by atoms with Crippen LogP contribution in [0.25, 0.3) is 0 Å². The standard InChI is InChI=1S/C9H13BrN2O2/c1-6-7(2)9(14)12(5-3-4-10)11-8(6)13/h3-5H2,1-2H3,(H,11,13). The molecule has 1 rings (SSSR count). The highest BCUT2D eigenvalue weighted by Crippen LogP contribution is 1.93. The second kappa shape index (κ2) is 4.59. The van der Waals surface area contributed by atoms with Crippen LogP contribution in [0, 0.1) is 13.8 Å². The van der Waals surface area contributed by atoms with Crippen molar-refractivity contribution in [2.75, 3.05) is 5.33 Å². The van der Waals surface area contributed by atoms with Gasteiger partial charge in [0.2, 0.25) is 0 Å². The van der Waals surface area contributed by atoms with Crippen molar-refractivity contribution in [1.29, 1.82) is 0 Å². The summed E-state index contributed by atoms with van der Waals surface area (Å²) in [4.78, 5) is 23.0. The highest BCUT2D eigenvalue weighted by Gasteiger charge is 2.05. The van der Waals surface area contributed by atoms with Gasteiger partial charge in [-0.3, -0.25) is 14.7 Å². The van der Waals surface area contributed by atoms with Crippen LogP contribution in [-0.4, -0.2) is 15.1 Å². The van der Waals surface area contributed by atoms with E-state index in [2.05, 4.69) is 21.0 Å². The molecule has 4 nitrogen and oxygen atoms in total. The zero-order chi connectivity index (χ0) is 10.7. The Bertz CT molecular complexity index is 433. The minimum Gasteiger partial charge on any atom is -0.268 e. The fraction of sp³-hybridized carbons (Fsp3) is 0.556. The van der Waals surface area contributed by atoms with E-state index < -0.39 is 0 Å². The number of rotatable bonds is 3. The van der Waals surface area contributed by atoms with Crippen molar-refractivity contribution >= 4 is 15.9 Å². The first kappa shape index (κ1) is 11.2. The lowest BCUT2D eigenvalue weighted by molar-refractivity contribution is 0.557. The van der Waals surface area contributed by atoms with Gasteiger partial charge in [0, 0.05) is 23.0 Å². The van der Waals surface area contributed by atoms with Crippen LogP contribution in [0.5, 0.6) is 0 Å².